The van der Waals surface area contributed by atoms with Gasteiger partial charge in [0.05, 0.1) is 20.3 Å². The van der Waals surface area contributed by atoms with E-state index in [9.17, 15) is 24.0 Å². The second kappa shape index (κ2) is 15.2. The first-order chi connectivity index (χ1) is 20.1. The molecule has 0 radical (unpaired) electrons. The van der Waals surface area contributed by atoms with E-state index in [0.717, 1.165) is 12.5 Å². The fourth-order valence-corrected chi connectivity index (χ4v) is 4.73. The van der Waals surface area contributed by atoms with Crippen LogP contribution in [0.1, 0.15) is 56.9 Å². The number of benzene rings is 1. The van der Waals surface area contributed by atoms with Gasteiger partial charge in [-0.3, -0.25) is 19.2 Å². The lowest BCUT2D eigenvalue weighted by atomic mass is 9.95. The van der Waals surface area contributed by atoms with Gasteiger partial charge >= 0.3 is 6.16 Å². The molecule has 0 saturated carbocycles. The lowest BCUT2D eigenvalue weighted by Crippen LogP contribution is -2.53. The average molecular weight is 589 g/mol. The zero-order valence-electron chi connectivity index (χ0n) is 24.6. The maximum Gasteiger partial charge on any atom is 0.510 e. The Balaban J connectivity index is 1.75. The first-order valence-corrected chi connectivity index (χ1v) is 14.0. The fourth-order valence-electron chi connectivity index (χ4n) is 4.73. The number of ether oxygens (including phenoxy) is 4. The van der Waals surface area contributed by atoms with Crippen LogP contribution in [0.15, 0.2) is 24.3 Å². The van der Waals surface area contributed by atoms with Crippen molar-refractivity contribution in [1.82, 2.24) is 20.9 Å². The van der Waals surface area contributed by atoms with E-state index in [1.807, 2.05) is 19.9 Å². The number of hydrogen-bond acceptors (Lipinski definition) is 9. The number of hydrogen-bond donors (Lipinski definition) is 4. The second-order valence-corrected chi connectivity index (χ2v) is 10.5. The van der Waals surface area contributed by atoms with Crippen LogP contribution in [0, 0.1) is 11.8 Å². The number of aromatic nitrogens is 1. The predicted octanol–water partition coefficient (Wildman–Crippen LogP) is 2.44. The molecule has 1 aliphatic rings. The van der Waals surface area contributed by atoms with E-state index in [4.69, 9.17) is 14.2 Å². The van der Waals surface area contributed by atoms with Crippen LogP contribution >= 0.6 is 0 Å². The zero-order chi connectivity index (χ0) is 30.8. The van der Waals surface area contributed by atoms with Gasteiger partial charge in [-0.2, -0.15) is 0 Å². The van der Waals surface area contributed by atoms with Crippen LogP contribution in [0.3, 0.4) is 0 Å². The van der Waals surface area contributed by atoms with Crippen molar-refractivity contribution >= 4 is 40.6 Å². The van der Waals surface area contributed by atoms with E-state index in [2.05, 4.69) is 25.7 Å². The normalized spacial score (nSPS) is 16.8. The molecule has 3 amide bonds. The van der Waals surface area contributed by atoms with Gasteiger partial charge in [-0.05, 0) is 43.4 Å². The van der Waals surface area contributed by atoms with Crippen LogP contribution in [0.5, 0.6) is 5.75 Å². The Labute approximate surface area is 244 Å². The predicted molar refractivity (Wildman–Crippen MR) is 152 cm³/mol. The summed E-state index contributed by atoms with van der Waals surface area (Å²) in [5.41, 5.74) is 0.947. The van der Waals surface area contributed by atoms with Crippen molar-refractivity contribution in [3.05, 3.63) is 30.0 Å². The molecule has 1 aliphatic heterocycles. The molecule has 2 heterocycles. The Hall–Kier alpha value is -4.13. The van der Waals surface area contributed by atoms with Gasteiger partial charge in [-0.25, -0.2) is 4.79 Å². The summed E-state index contributed by atoms with van der Waals surface area (Å²) in [6.07, 6.45) is -0.866. The minimum Gasteiger partial charge on any atom is -0.496 e. The van der Waals surface area contributed by atoms with Crippen LogP contribution in [0.2, 0.25) is 0 Å². The van der Waals surface area contributed by atoms with Gasteiger partial charge in [0.25, 0.3) is 5.91 Å². The summed E-state index contributed by atoms with van der Waals surface area (Å²) in [5, 5.41) is 8.97. The quantitative estimate of drug-likeness (QED) is 0.180. The molecule has 1 aromatic carbocycles. The van der Waals surface area contributed by atoms with E-state index in [0.29, 0.717) is 30.7 Å². The van der Waals surface area contributed by atoms with E-state index in [-0.39, 0.29) is 30.4 Å². The van der Waals surface area contributed by atoms with Crippen molar-refractivity contribution in [1.29, 1.82) is 0 Å². The van der Waals surface area contributed by atoms with Crippen LogP contribution in [-0.2, 0) is 28.6 Å². The van der Waals surface area contributed by atoms with Crippen LogP contribution in [-0.4, -0.2) is 80.4 Å². The standard InChI is InChI=1S/C29H40N4O9/c1-6-25(42-29(38)40-5)41-15-23(34)20(13-17-10-11-30-26(17)35)32-27(36)21(12-16(2)3)33-28(37)22-14-18-19(31-22)8-7-9-24(18)39-4/h7-9,14,16-17,20-21,25,31H,6,10-13,15H2,1-5H3,(H,30,35)(H,32,36)(H,33,37)/t17-,20-,21-,25+/m0/s1. The van der Waals surface area contributed by atoms with Crippen molar-refractivity contribution in [2.24, 2.45) is 11.8 Å². The Morgan fingerprint density at radius 1 is 1.10 bits per heavy atom. The molecular formula is C29H40N4O9. The smallest absolute Gasteiger partial charge is 0.496 e. The number of H-pyrrole nitrogens is 1. The van der Waals surface area contributed by atoms with Gasteiger partial charge in [0, 0.05) is 29.8 Å². The van der Waals surface area contributed by atoms with Crippen molar-refractivity contribution in [3.8, 4) is 5.75 Å². The van der Waals surface area contributed by atoms with E-state index >= 15 is 0 Å². The molecule has 3 rings (SSSR count). The molecule has 1 saturated heterocycles. The minimum absolute atomic E-state index is 0.0303. The molecule has 2 aromatic rings. The molecule has 0 spiro atoms. The lowest BCUT2D eigenvalue weighted by Gasteiger charge is -2.25. The summed E-state index contributed by atoms with van der Waals surface area (Å²) in [4.78, 5) is 66.8. The summed E-state index contributed by atoms with van der Waals surface area (Å²) in [6, 6.07) is 4.99. The van der Waals surface area contributed by atoms with Gasteiger partial charge in [0.1, 0.15) is 24.1 Å². The molecular weight excluding hydrogens is 548 g/mol. The number of amides is 3. The van der Waals surface area contributed by atoms with Crippen molar-refractivity contribution in [2.45, 2.75) is 64.8 Å². The highest BCUT2D eigenvalue weighted by Crippen LogP contribution is 2.26. The summed E-state index contributed by atoms with van der Waals surface area (Å²) >= 11 is 0. The zero-order valence-corrected chi connectivity index (χ0v) is 24.6. The first kappa shape index (κ1) is 32.4. The highest BCUT2D eigenvalue weighted by Gasteiger charge is 2.34. The average Bonchev–Trinajstić information content (AvgIpc) is 3.59. The SMILES string of the molecule is CC[C@H](OCC(=O)[C@H](C[C@@H]1CCNC1=O)NC(=O)[C@H](CC(C)C)NC(=O)c1cc2c(OC)cccc2[nH]1)OC(=O)OC. The highest BCUT2D eigenvalue weighted by atomic mass is 16.8. The molecule has 0 bridgehead atoms. The third-order valence-electron chi connectivity index (χ3n) is 6.94. The van der Waals surface area contributed by atoms with E-state index in [1.54, 1.807) is 25.1 Å². The maximum atomic E-state index is 13.5. The molecule has 0 unspecified atom stereocenters. The number of carbonyl (C=O) groups is 5. The van der Waals surface area contributed by atoms with Crippen molar-refractivity contribution in [2.75, 3.05) is 27.4 Å². The van der Waals surface area contributed by atoms with Gasteiger partial charge in [0.15, 0.2) is 5.78 Å². The monoisotopic (exact) mass is 588 g/mol. The first-order valence-electron chi connectivity index (χ1n) is 14.0. The van der Waals surface area contributed by atoms with Crippen LogP contribution in [0.25, 0.3) is 10.9 Å². The van der Waals surface area contributed by atoms with Crippen molar-refractivity contribution in [3.63, 3.8) is 0 Å². The molecule has 42 heavy (non-hydrogen) atoms. The fraction of sp³-hybridized carbons (Fsp3) is 0.552. The molecule has 13 heteroatoms. The van der Waals surface area contributed by atoms with Crippen LogP contribution < -0.4 is 20.7 Å². The largest absolute Gasteiger partial charge is 0.510 e. The molecule has 13 nitrogen and oxygen atoms in total. The van der Waals surface area contributed by atoms with Gasteiger partial charge in [-0.1, -0.05) is 26.8 Å². The second-order valence-electron chi connectivity index (χ2n) is 10.5. The molecule has 4 atom stereocenters. The Bertz CT molecular complexity index is 1280. The van der Waals surface area contributed by atoms with Crippen LogP contribution in [0.4, 0.5) is 4.79 Å². The summed E-state index contributed by atoms with van der Waals surface area (Å²) in [6.45, 7) is 5.51. The Kier molecular flexibility index (Phi) is 11.7. The topological polar surface area (TPSA) is 174 Å². The number of aromatic amines is 1. The van der Waals surface area contributed by atoms with Crippen molar-refractivity contribution < 1.29 is 42.9 Å². The molecule has 4 N–H and O–H groups in total. The van der Waals surface area contributed by atoms with E-state index in [1.165, 1.54) is 7.11 Å². The third kappa shape index (κ3) is 8.68. The third-order valence-corrected chi connectivity index (χ3v) is 6.94. The van der Waals surface area contributed by atoms with E-state index < -0.39 is 54.7 Å². The number of nitrogens with one attached hydrogen (secondary N) is 4. The van der Waals surface area contributed by atoms with Gasteiger partial charge in [0.2, 0.25) is 18.1 Å². The maximum absolute atomic E-state index is 13.5. The highest BCUT2D eigenvalue weighted by molar-refractivity contribution is 6.02. The summed E-state index contributed by atoms with van der Waals surface area (Å²) in [7, 11) is 2.69. The Morgan fingerprint density at radius 2 is 1.86 bits per heavy atom. The summed E-state index contributed by atoms with van der Waals surface area (Å²) < 4.78 is 20.3. The number of fused-ring (bicyclic) bond motifs is 1. The lowest BCUT2D eigenvalue weighted by molar-refractivity contribution is -0.148. The molecule has 1 fully saturated rings. The molecule has 230 valence electrons. The number of rotatable bonds is 15. The van der Waals surface area contributed by atoms with Gasteiger partial charge < -0.3 is 39.9 Å². The number of methoxy groups -OCH3 is 2. The number of ketones is 1. The summed E-state index contributed by atoms with van der Waals surface area (Å²) in [5.74, 6) is -1.63. The molecule has 1 aromatic heterocycles. The molecule has 0 aliphatic carbocycles. The van der Waals surface area contributed by atoms with Gasteiger partial charge in [-0.15, -0.1) is 0 Å². The minimum atomic E-state index is -1.08. The number of Topliss-reactive ketones (excluding diaryl/α,β-unsaturated/α-hetero) is 1. The number of carbonyl (C=O) groups excluding carboxylic acids is 5. The Morgan fingerprint density at radius 3 is 2.48 bits per heavy atom.